The van der Waals surface area contributed by atoms with Gasteiger partial charge in [0.2, 0.25) is 0 Å². The number of hydrogen-bond acceptors (Lipinski definition) is 1. The van der Waals surface area contributed by atoms with E-state index in [0.29, 0.717) is 17.8 Å². The molecule has 1 nitrogen and oxygen atoms in total. The monoisotopic (exact) mass is 220 g/mol. The molecule has 1 fully saturated rings. The summed E-state index contributed by atoms with van der Waals surface area (Å²) in [4.78, 5) is 0. The van der Waals surface area contributed by atoms with Crippen LogP contribution >= 0.6 is 0 Å². The van der Waals surface area contributed by atoms with Crippen LogP contribution in [-0.4, -0.2) is 10.7 Å². The number of hydrogen-bond donors (Lipinski definition) is 1. The summed E-state index contributed by atoms with van der Waals surface area (Å²) in [6.45, 7) is 10.7. The first-order chi connectivity index (χ1) is 7.42. The van der Waals surface area contributed by atoms with Gasteiger partial charge in [0.25, 0.3) is 0 Å². The SMILES string of the molecule is C=C1CCC(C(C)C)=C[C@H]2[C@H]1CC[C@@]2(C)O. The van der Waals surface area contributed by atoms with Crippen LogP contribution < -0.4 is 0 Å². The molecular formula is C15H24O. The molecule has 0 bridgehead atoms. The standard InChI is InChI=1S/C15H24O/c1-10(2)12-6-5-11(3)13-7-8-15(4,16)14(13)9-12/h9-10,13-14,16H,3,5-8H2,1-2,4H3/t13-,14-,15+/m0/s1. The molecule has 1 N–H and O–H groups in total. The van der Waals surface area contributed by atoms with Crippen molar-refractivity contribution in [2.75, 3.05) is 0 Å². The van der Waals surface area contributed by atoms with Crippen molar-refractivity contribution >= 4 is 0 Å². The molecule has 3 atom stereocenters. The molecule has 0 aromatic carbocycles. The fraction of sp³-hybridized carbons (Fsp3) is 0.733. The zero-order valence-electron chi connectivity index (χ0n) is 10.8. The van der Waals surface area contributed by atoms with E-state index in [1.807, 2.05) is 6.92 Å². The van der Waals surface area contributed by atoms with Crippen LogP contribution in [0, 0.1) is 17.8 Å². The summed E-state index contributed by atoms with van der Waals surface area (Å²) in [5.41, 5.74) is 2.35. The Balaban J connectivity index is 2.33. The summed E-state index contributed by atoms with van der Waals surface area (Å²) in [5.74, 6) is 1.43. The molecule has 90 valence electrons. The topological polar surface area (TPSA) is 20.2 Å². The highest BCUT2D eigenvalue weighted by atomic mass is 16.3. The molecule has 2 rings (SSSR count). The highest BCUT2D eigenvalue weighted by molar-refractivity contribution is 5.24. The first kappa shape index (κ1) is 11.9. The van der Waals surface area contributed by atoms with E-state index in [1.165, 1.54) is 11.1 Å². The molecule has 0 aromatic rings. The summed E-state index contributed by atoms with van der Waals surface area (Å²) in [6.07, 6.45) is 6.64. The first-order valence-electron chi connectivity index (χ1n) is 6.52. The molecule has 0 amide bonds. The van der Waals surface area contributed by atoms with Gasteiger partial charge in [-0.25, -0.2) is 0 Å². The molecule has 0 unspecified atom stereocenters. The average Bonchev–Trinajstić information content (AvgIpc) is 2.38. The quantitative estimate of drug-likeness (QED) is 0.668. The summed E-state index contributed by atoms with van der Waals surface area (Å²) >= 11 is 0. The van der Waals surface area contributed by atoms with Gasteiger partial charge in [-0.05, 0) is 44.4 Å². The highest BCUT2D eigenvalue weighted by Gasteiger charge is 2.44. The summed E-state index contributed by atoms with van der Waals surface area (Å²) in [5, 5.41) is 10.4. The molecule has 0 aromatic heterocycles. The largest absolute Gasteiger partial charge is 0.390 e. The Morgan fingerprint density at radius 1 is 1.44 bits per heavy atom. The maximum atomic E-state index is 10.4. The Hall–Kier alpha value is -0.560. The summed E-state index contributed by atoms with van der Waals surface area (Å²) in [6, 6.07) is 0. The predicted molar refractivity (Wildman–Crippen MR) is 68.1 cm³/mol. The molecule has 0 aliphatic heterocycles. The van der Waals surface area contributed by atoms with E-state index in [0.717, 1.165) is 25.7 Å². The van der Waals surface area contributed by atoms with Crippen molar-refractivity contribution in [3.8, 4) is 0 Å². The second-order valence-corrected chi connectivity index (χ2v) is 6.08. The van der Waals surface area contributed by atoms with Crippen molar-refractivity contribution in [1.82, 2.24) is 0 Å². The average molecular weight is 220 g/mol. The van der Waals surface area contributed by atoms with Crippen LogP contribution in [0.25, 0.3) is 0 Å². The lowest BCUT2D eigenvalue weighted by atomic mass is 9.83. The van der Waals surface area contributed by atoms with Gasteiger partial charge < -0.3 is 5.11 Å². The molecule has 0 saturated heterocycles. The van der Waals surface area contributed by atoms with E-state index in [9.17, 15) is 5.11 Å². The molecule has 1 heteroatoms. The lowest BCUT2D eigenvalue weighted by Crippen LogP contribution is -2.30. The van der Waals surface area contributed by atoms with Crippen LogP contribution in [0.1, 0.15) is 46.5 Å². The minimum atomic E-state index is -0.516. The van der Waals surface area contributed by atoms with Crippen molar-refractivity contribution in [2.45, 2.75) is 52.1 Å². The van der Waals surface area contributed by atoms with Crippen molar-refractivity contribution in [3.63, 3.8) is 0 Å². The third-order valence-electron chi connectivity index (χ3n) is 4.51. The second-order valence-electron chi connectivity index (χ2n) is 6.08. The molecule has 2 aliphatic carbocycles. The van der Waals surface area contributed by atoms with Crippen molar-refractivity contribution < 1.29 is 5.11 Å². The van der Waals surface area contributed by atoms with E-state index in [2.05, 4.69) is 26.5 Å². The molecule has 1 saturated carbocycles. The third kappa shape index (κ3) is 1.98. The second kappa shape index (κ2) is 4.03. The number of allylic oxidation sites excluding steroid dienone is 2. The fourth-order valence-electron chi connectivity index (χ4n) is 3.27. The van der Waals surface area contributed by atoms with Crippen LogP contribution in [0.3, 0.4) is 0 Å². The zero-order chi connectivity index (χ0) is 11.9. The summed E-state index contributed by atoms with van der Waals surface area (Å²) < 4.78 is 0. The molecule has 2 aliphatic rings. The molecule has 0 heterocycles. The van der Waals surface area contributed by atoms with Gasteiger partial charge >= 0.3 is 0 Å². The maximum Gasteiger partial charge on any atom is 0.0688 e. The number of aliphatic hydroxyl groups is 1. The Morgan fingerprint density at radius 2 is 2.12 bits per heavy atom. The van der Waals surface area contributed by atoms with Gasteiger partial charge in [0.1, 0.15) is 0 Å². The van der Waals surface area contributed by atoms with Crippen LogP contribution in [-0.2, 0) is 0 Å². The summed E-state index contributed by atoms with van der Waals surface area (Å²) in [7, 11) is 0. The van der Waals surface area contributed by atoms with E-state index < -0.39 is 5.60 Å². The maximum absolute atomic E-state index is 10.4. The van der Waals surface area contributed by atoms with E-state index in [4.69, 9.17) is 0 Å². The van der Waals surface area contributed by atoms with E-state index in [-0.39, 0.29) is 0 Å². The predicted octanol–water partition coefficient (Wildman–Crippen LogP) is 3.70. The number of rotatable bonds is 1. The van der Waals surface area contributed by atoms with Gasteiger partial charge in [0.15, 0.2) is 0 Å². The fourth-order valence-corrected chi connectivity index (χ4v) is 3.27. The van der Waals surface area contributed by atoms with Gasteiger partial charge in [-0.2, -0.15) is 0 Å². The van der Waals surface area contributed by atoms with Crippen molar-refractivity contribution in [3.05, 3.63) is 23.8 Å². The lowest BCUT2D eigenvalue weighted by Gasteiger charge is -2.27. The third-order valence-corrected chi connectivity index (χ3v) is 4.51. The van der Waals surface area contributed by atoms with Crippen LogP contribution in [0.4, 0.5) is 0 Å². The Kier molecular flexibility index (Phi) is 3.00. The van der Waals surface area contributed by atoms with Crippen molar-refractivity contribution in [2.24, 2.45) is 17.8 Å². The molecular weight excluding hydrogens is 196 g/mol. The van der Waals surface area contributed by atoms with Gasteiger partial charge in [-0.15, -0.1) is 0 Å². The molecule has 0 radical (unpaired) electrons. The van der Waals surface area contributed by atoms with Crippen LogP contribution in [0.15, 0.2) is 23.8 Å². The smallest absolute Gasteiger partial charge is 0.0688 e. The minimum absolute atomic E-state index is 0.305. The normalized spacial score (nSPS) is 39.6. The van der Waals surface area contributed by atoms with Gasteiger partial charge in [0.05, 0.1) is 5.60 Å². The zero-order valence-corrected chi connectivity index (χ0v) is 10.8. The Labute approximate surface area is 99.3 Å². The van der Waals surface area contributed by atoms with Crippen molar-refractivity contribution in [1.29, 1.82) is 0 Å². The lowest BCUT2D eigenvalue weighted by molar-refractivity contribution is 0.0330. The van der Waals surface area contributed by atoms with E-state index in [1.54, 1.807) is 0 Å². The van der Waals surface area contributed by atoms with Gasteiger partial charge in [0, 0.05) is 5.92 Å². The first-order valence-corrected chi connectivity index (χ1v) is 6.52. The Morgan fingerprint density at radius 3 is 2.75 bits per heavy atom. The van der Waals surface area contributed by atoms with E-state index >= 15 is 0 Å². The highest BCUT2D eigenvalue weighted by Crippen LogP contribution is 2.48. The van der Waals surface area contributed by atoms with Crippen LogP contribution in [0.2, 0.25) is 0 Å². The number of fused-ring (bicyclic) bond motifs is 1. The minimum Gasteiger partial charge on any atom is -0.390 e. The molecule has 16 heavy (non-hydrogen) atoms. The molecule has 0 spiro atoms. The Bertz CT molecular complexity index is 322. The van der Waals surface area contributed by atoms with Crippen LogP contribution in [0.5, 0.6) is 0 Å². The van der Waals surface area contributed by atoms with Gasteiger partial charge in [-0.1, -0.05) is 37.6 Å². The van der Waals surface area contributed by atoms with Gasteiger partial charge in [-0.3, -0.25) is 0 Å².